The number of nitrogens with one attached hydrogen (secondary N) is 2. The Labute approximate surface area is 130 Å². The first-order valence-corrected chi connectivity index (χ1v) is 7.30. The van der Waals surface area contributed by atoms with E-state index in [1.807, 2.05) is 26.2 Å². The quantitative estimate of drug-likeness (QED) is 0.730. The van der Waals surface area contributed by atoms with E-state index in [0.717, 1.165) is 18.7 Å². The average molecular weight is 302 g/mol. The highest BCUT2D eigenvalue weighted by molar-refractivity contribution is 5.94. The summed E-state index contributed by atoms with van der Waals surface area (Å²) in [6.45, 7) is 2.15. The maximum absolute atomic E-state index is 12.1. The van der Waals surface area contributed by atoms with Crippen molar-refractivity contribution in [3.63, 3.8) is 0 Å². The lowest BCUT2D eigenvalue weighted by Crippen LogP contribution is -2.27. The first-order valence-electron chi connectivity index (χ1n) is 7.30. The molecular formula is C16H22N4O2. The molecule has 0 spiro atoms. The van der Waals surface area contributed by atoms with Gasteiger partial charge in [0.25, 0.3) is 5.91 Å². The molecule has 6 nitrogen and oxygen atoms in total. The van der Waals surface area contributed by atoms with E-state index in [-0.39, 0.29) is 5.91 Å². The van der Waals surface area contributed by atoms with Gasteiger partial charge in [0.15, 0.2) is 0 Å². The largest absolute Gasteiger partial charge is 0.467 e. The van der Waals surface area contributed by atoms with Crippen LogP contribution in [-0.2, 0) is 6.54 Å². The van der Waals surface area contributed by atoms with E-state index in [0.29, 0.717) is 24.5 Å². The smallest absolute Gasteiger partial charge is 0.251 e. The van der Waals surface area contributed by atoms with Crippen molar-refractivity contribution in [3.05, 3.63) is 48.0 Å². The summed E-state index contributed by atoms with van der Waals surface area (Å²) in [5.41, 5.74) is 0.599. The lowest BCUT2D eigenvalue weighted by molar-refractivity contribution is 0.0952. The van der Waals surface area contributed by atoms with Crippen LogP contribution in [0.1, 0.15) is 22.5 Å². The molecule has 6 heteroatoms. The summed E-state index contributed by atoms with van der Waals surface area (Å²) in [4.78, 5) is 18.4. The number of furan rings is 1. The fraction of sp³-hybridized carbons (Fsp3) is 0.375. The summed E-state index contributed by atoms with van der Waals surface area (Å²) in [6, 6.07) is 7.17. The van der Waals surface area contributed by atoms with Crippen molar-refractivity contribution in [2.75, 3.05) is 32.5 Å². The Morgan fingerprint density at radius 2 is 2.23 bits per heavy atom. The van der Waals surface area contributed by atoms with E-state index in [2.05, 4.69) is 20.5 Å². The minimum Gasteiger partial charge on any atom is -0.467 e. The number of carbonyl (C=O) groups excluding carboxylic acids is 1. The molecule has 0 bridgehead atoms. The first kappa shape index (κ1) is 16.0. The van der Waals surface area contributed by atoms with Crippen LogP contribution in [0.2, 0.25) is 0 Å². The molecule has 0 saturated carbocycles. The van der Waals surface area contributed by atoms with Gasteiger partial charge in [-0.05, 0) is 51.3 Å². The molecule has 0 saturated heterocycles. The number of anilines is 1. The molecule has 0 aliphatic carbocycles. The Kier molecular flexibility index (Phi) is 5.97. The number of aromatic nitrogens is 1. The third kappa shape index (κ3) is 5.21. The minimum atomic E-state index is -0.0813. The SMILES string of the molecule is CN(C)CCCNC(=O)c1ccnc(NCc2ccco2)c1. The molecular weight excluding hydrogens is 280 g/mol. The molecule has 2 aromatic rings. The van der Waals surface area contributed by atoms with Crippen molar-refractivity contribution < 1.29 is 9.21 Å². The number of hydrogen-bond donors (Lipinski definition) is 2. The van der Waals surface area contributed by atoms with Gasteiger partial charge in [-0.15, -0.1) is 0 Å². The first-order chi connectivity index (χ1) is 10.6. The summed E-state index contributed by atoms with van der Waals surface area (Å²) < 4.78 is 5.24. The van der Waals surface area contributed by atoms with Crippen molar-refractivity contribution >= 4 is 11.7 Å². The number of hydrogen-bond acceptors (Lipinski definition) is 5. The van der Waals surface area contributed by atoms with Gasteiger partial charge in [-0.3, -0.25) is 4.79 Å². The molecule has 118 valence electrons. The van der Waals surface area contributed by atoms with E-state index in [9.17, 15) is 4.79 Å². The van der Waals surface area contributed by atoms with Crippen molar-refractivity contribution in [2.45, 2.75) is 13.0 Å². The van der Waals surface area contributed by atoms with E-state index in [4.69, 9.17) is 4.42 Å². The zero-order chi connectivity index (χ0) is 15.8. The fourth-order valence-corrected chi connectivity index (χ4v) is 1.96. The Morgan fingerprint density at radius 3 is 2.95 bits per heavy atom. The van der Waals surface area contributed by atoms with E-state index in [1.54, 1.807) is 24.6 Å². The second kappa shape index (κ2) is 8.19. The normalized spacial score (nSPS) is 10.7. The van der Waals surface area contributed by atoms with Gasteiger partial charge in [0.05, 0.1) is 12.8 Å². The number of nitrogens with zero attached hydrogens (tertiary/aromatic N) is 2. The van der Waals surface area contributed by atoms with Gasteiger partial charge < -0.3 is 20.0 Å². The van der Waals surface area contributed by atoms with Crippen LogP contribution in [0.15, 0.2) is 41.1 Å². The molecule has 22 heavy (non-hydrogen) atoms. The molecule has 2 N–H and O–H groups in total. The predicted octanol–water partition coefficient (Wildman–Crippen LogP) is 1.97. The lowest BCUT2D eigenvalue weighted by Gasteiger charge is -2.10. The average Bonchev–Trinajstić information content (AvgIpc) is 3.03. The molecule has 0 unspecified atom stereocenters. The van der Waals surface area contributed by atoms with Gasteiger partial charge in [0, 0.05) is 18.3 Å². The monoisotopic (exact) mass is 302 g/mol. The van der Waals surface area contributed by atoms with E-state index >= 15 is 0 Å². The molecule has 0 fully saturated rings. The highest BCUT2D eigenvalue weighted by atomic mass is 16.3. The maximum atomic E-state index is 12.1. The third-order valence-corrected chi connectivity index (χ3v) is 3.11. The molecule has 2 rings (SSSR count). The van der Waals surface area contributed by atoms with Crippen molar-refractivity contribution in [2.24, 2.45) is 0 Å². The van der Waals surface area contributed by atoms with Crippen molar-refractivity contribution in [3.8, 4) is 0 Å². The number of pyridine rings is 1. The van der Waals surface area contributed by atoms with Gasteiger partial charge >= 0.3 is 0 Å². The van der Waals surface area contributed by atoms with Crippen LogP contribution in [0, 0.1) is 0 Å². The van der Waals surface area contributed by atoms with Gasteiger partial charge in [-0.25, -0.2) is 4.98 Å². The highest BCUT2D eigenvalue weighted by Crippen LogP contribution is 2.09. The van der Waals surface area contributed by atoms with Crippen LogP contribution in [0.3, 0.4) is 0 Å². The number of amides is 1. The fourth-order valence-electron chi connectivity index (χ4n) is 1.96. The van der Waals surface area contributed by atoms with Crippen LogP contribution >= 0.6 is 0 Å². The van der Waals surface area contributed by atoms with E-state index in [1.165, 1.54) is 0 Å². The molecule has 0 atom stereocenters. The summed E-state index contributed by atoms with van der Waals surface area (Å²) in [5.74, 6) is 1.39. The van der Waals surface area contributed by atoms with Crippen molar-refractivity contribution in [1.82, 2.24) is 15.2 Å². The molecule has 2 aromatic heterocycles. The summed E-state index contributed by atoms with van der Waals surface area (Å²) in [7, 11) is 4.03. The lowest BCUT2D eigenvalue weighted by atomic mass is 10.2. The Bertz CT molecular complexity index is 582. The topological polar surface area (TPSA) is 70.4 Å². The summed E-state index contributed by atoms with van der Waals surface area (Å²) >= 11 is 0. The van der Waals surface area contributed by atoms with Crippen molar-refractivity contribution in [1.29, 1.82) is 0 Å². The highest BCUT2D eigenvalue weighted by Gasteiger charge is 2.06. The Balaban J connectivity index is 1.83. The third-order valence-electron chi connectivity index (χ3n) is 3.11. The van der Waals surface area contributed by atoms with Crippen LogP contribution < -0.4 is 10.6 Å². The summed E-state index contributed by atoms with van der Waals surface area (Å²) in [6.07, 6.45) is 4.18. The van der Waals surface area contributed by atoms with Gasteiger partial charge in [0.1, 0.15) is 11.6 Å². The van der Waals surface area contributed by atoms with Gasteiger partial charge in [-0.2, -0.15) is 0 Å². The molecule has 1 amide bonds. The summed E-state index contributed by atoms with van der Waals surface area (Å²) in [5, 5.41) is 6.04. The Morgan fingerprint density at radius 1 is 1.36 bits per heavy atom. The molecule has 0 radical (unpaired) electrons. The van der Waals surface area contributed by atoms with Crippen LogP contribution in [0.25, 0.3) is 0 Å². The molecule has 0 aliphatic heterocycles. The van der Waals surface area contributed by atoms with Gasteiger partial charge in [0.2, 0.25) is 0 Å². The second-order valence-electron chi connectivity index (χ2n) is 5.28. The standard InChI is InChI=1S/C16H22N4O2/c1-20(2)9-4-7-18-16(21)13-6-8-17-15(11-13)19-12-14-5-3-10-22-14/h3,5-6,8,10-11H,4,7,9,12H2,1-2H3,(H,17,19)(H,18,21). The predicted molar refractivity (Wildman–Crippen MR) is 85.8 cm³/mol. The Hall–Kier alpha value is -2.34. The molecule has 0 aromatic carbocycles. The number of rotatable bonds is 8. The molecule has 2 heterocycles. The maximum Gasteiger partial charge on any atom is 0.251 e. The zero-order valence-corrected chi connectivity index (χ0v) is 13.0. The zero-order valence-electron chi connectivity index (χ0n) is 13.0. The van der Waals surface area contributed by atoms with E-state index < -0.39 is 0 Å². The molecule has 0 aliphatic rings. The van der Waals surface area contributed by atoms with Gasteiger partial charge in [-0.1, -0.05) is 0 Å². The van der Waals surface area contributed by atoms with Crippen LogP contribution in [-0.4, -0.2) is 43.0 Å². The minimum absolute atomic E-state index is 0.0813. The van der Waals surface area contributed by atoms with Crippen LogP contribution in [0.4, 0.5) is 5.82 Å². The van der Waals surface area contributed by atoms with Crippen LogP contribution in [0.5, 0.6) is 0 Å². The number of carbonyl (C=O) groups is 1. The second-order valence-corrected chi connectivity index (χ2v) is 5.28.